The number of pyridine rings is 1. The molecule has 1 aromatic carbocycles. The number of carbonyl (C=O) groups excluding carboxylic acids is 1. The van der Waals surface area contributed by atoms with Crippen molar-refractivity contribution in [3.05, 3.63) is 73.2 Å². The van der Waals surface area contributed by atoms with Crippen LogP contribution in [0.4, 0.5) is 0 Å². The average Bonchev–Trinajstić information content (AvgIpc) is 3.14. The monoisotopic (exact) mass is 334 g/mol. The second-order valence-electron chi connectivity index (χ2n) is 6.96. The molecular formula is C21H22N2O2. The molecule has 0 aliphatic heterocycles. The Balaban J connectivity index is 1.91. The summed E-state index contributed by atoms with van der Waals surface area (Å²) < 4.78 is 7.78. The number of rotatable bonds is 5. The van der Waals surface area contributed by atoms with Gasteiger partial charge < -0.3 is 9.30 Å². The zero-order valence-electron chi connectivity index (χ0n) is 14.7. The fourth-order valence-electron chi connectivity index (χ4n) is 2.52. The van der Waals surface area contributed by atoms with Crippen molar-refractivity contribution in [1.29, 1.82) is 0 Å². The molecule has 2 heterocycles. The molecule has 0 saturated carbocycles. The molecular weight excluding hydrogens is 312 g/mol. The van der Waals surface area contributed by atoms with Gasteiger partial charge in [0, 0.05) is 30.1 Å². The van der Waals surface area contributed by atoms with Crippen LogP contribution in [0.2, 0.25) is 0 Å². The second kappa shape index (κ2) is 6.93. The van der Waals surface area contributed by atoms with E-state index in [1.165, 1.54) is 0 Å². The van der Waals surface area contributed by atoms with Gasteiger partial charge in [0.1, 0.15) is 0 Å². The molecule has 4 nitrogen and oxygen atoms in total. The van der Waals surface area contributed by atoms with E-state index in [4.69, 9.17) is 4.74 Å². The largest absolute Gasteiger partial charge is 0.446 e. The van der Waals surface area contributed by atoms with Gasteiger partial charge in [0.05, 0.1) is 0 Å². The van der Waals surface area contributed by atoms with Crippen molar-refractivity contribution in [3.63, 3.8) is 0 Å². The third kappa shape index (κ3) is 3.97. The Morgan fingerprint density at radius 3 is 2.32 bits per heavy atom. The third-order valence-electron chi connectivity index (χ3n) is 3.94. The molecule has 3 aromatic rings. The van der Waals surface area contributed by atoms with Crippen LogP contribution in [0.25, 0.3) is 11.1 Å². The number of nitrogens with zero attached hydrogens (tertiary/aromatic N) is 2. The first-order valence-electron chi connectivity index (χ1n) is 8.30. The summed E-state index contributed by atoms with van der Waals surface area (Å²) in [5.41, 5.74) is 1.56. The van der Waals surface area contributed by atoms with Crippen molar-refractivity contribution in [2.45, 2.75) is 27.0 Å². The Hall–Kier alpha value is -2.88. The van der Waals surface area contributed by atoms with Crippen molar-refractivity contribution < 1.29 is 9.53 Å². The Bertz CT molecular complexity index is 834. The molecule has 25 heavy (non-hydrogen) atoms. The van der Waals surface area contributed by atoms with E-state index >= 15 is 0 Å². The van der Waals surface area contributed by atoms with E-state index in [1.807, 2.05) is 87.8 Å². The Kier molecular flexibility index (Phi) is 4.70. The second-order valence-corrected chi connectivity index (χ2v) is 6.96. The van der Waals surface area contributed by atoms with Crippen LogP contribution in [0.15, 0.2) is 73.2 Å². The molecule has 128 valence electrons. The number of ether oxygens (including phenoxy) is 1. The zero-order valence-corrected chi connectivity index (χ0v) is 14.7. The maximum atomic E-state index is 12.8. The van der Waals surface area contributed by atoms with Crippen molar-refractivity contribution in [1.82, 2.24) is 9.55 Å². The summed E-state index contributed by atoms with van der Waals surface area (Å²) in [6.07, 6.45) is 4.62. The lowest BCUT2D eigenvalue weighted by molar-refractivity contribution is -0.137. The number of carbonyl (C=O) groups is 1. The van der Waals surface area contributed by atoms with Crippen LogP contribution < -0.4 is 4.74 Å². The number of hydrogen-bond acceptors (Lipinski definition) is 3. The maximum Gasteiger partial charge on any atom is 0.237 e. The molecule has 0 aliphatic rings. The van der Waals surface area contributed by atoms with E-state index in [0.717, 1.165) is 11.1 Å². The van der Waals surface area contributed by atoms with Gasteiger partial charge in [-0.1, -0.05) is 51.1 Å². The molecule has 3 rings (SSSR count). The average molecular weight is 334 g/mol. The van der Waals surface area contributed by atoms with Crippen molar-refractivity contribution in [2.24, 2.45) is 5.41 Å². The van der Waals surface area contributed by atoms with E-state index in [0.29, 0.717) is 5.88 Å². The normalized spacial score (nSPS) is 12.6. The lowest BCUT2D eigenvalue weighted by Gasteiger charge is -2.26. The van der Waals surface area contributed by atoms with Crippen LogP contribution in [0.5, 0.6) is 5.88 Å². The van der Waals surface area contributed by atoms with E-state index < -0.39 is 11.6 Å². The minimum Gasteiger partial charge on any atom is -0.446 e. The van der Waals surface area contributed by atoms with Gasteiger partial charge in [-0.2, -0.15) is 0 Å². The first-order chi connectivity index (χ1) is 11.9. The summed E-state index contributed by atoms with van der Waals surface area (Å²) in [4.78, 5) is 17.1. The van der Waals surface area contributed by atoms with Crippen molar-refractivity contribution in [3.8, 4) is 17.0 Å². The number of Topliss-reactive ketones (excluding diaryl/α,β-unsaturated/α-hetero) is 1. The smallest absolute Gasteiger partial charge is 0.237 e. The van der Waals surface area contributed by atoms with E-state index in [9.17, 15) is 4.79 Å². The van der Waals surface area contributed by atoms with Gasteiger partial charge in [-0.05, 0) is 29.3 Å². The first-order valence-corrected chi connectivity index (χ1v) is 8.30. The highest BCUT2D eigenvalue weighted by atomic mass is 16.5. The standard InChI is InChI=1S/C21H22N2O2/c1-21(2,3)19(24)20(23-13-7-8-14-23)25-18-15-17(11-12-22-18)16-9-5-4-6-10-16/h4-15,20H,1-3H3. The van der Waals surface area contributed by atoms with Crippen LogP contribution in [0, 0.1) is 5.41 Å². The van der Waals surface area contributed by atoms with Gasteiger partial charge in [-0.3, -0.25) is 4.79 Å². The lowest BCUT2D eigenvalue weighted by Crippen LogP contribution is -2.33. The summed E-state index contributed by atoms with van der Waals surface area (Å²) in [7, 11) is 0. The molecule has 2 aromatic heterocycles. The number of hydrogen-bond donors (Lipinski definition) is 0. The van der Waals surface area contributed by atoms with Crippen molar-refractivity contribution in [2.75, 3.05) is 0 Å². The van der Waals surface area contributed by atoms with Gasteiger partial charge in [-0.15, -0.1) is 0 Å². The number of benzene rings is 1. The van der Waals surface area contributed by atoms with Gasteiger partial charge >= 0.3 is 0 Å². The highest BCUT2D eigenvalue weighted by Crippen LogP contribution is 2.28. The van der Waals surface area contributed by atoms with Crippen LogP contribution >= 0.6 is 0 Å². The van der Waals surface area contributed by atoms with Crippen LogP contribution in [0.3, 0.4) is 0 Å². The molecule has 0 spiro atoms. The molecule has 4 heteroatoms. The molecule has 0 saturated heterocycles. The Morgan fingerprint density at radius 1 is 1.00 bits per heavy atom. The maximum absolute atomic E-state index is 12.8. The highest BCUT2D eigenvalue weighted by Gasteiger charge is 2.32. The summed E-state index contributed by atoms with van der Waals surface area (Å²) in [5, 5.41) is 0. The molecule has 0 aliphatic carbocycles. The molecule has 0 fully saturated rings. The highest BCUT2D eigenvalue weighted by molar-refractivity contribution is 5.86. The third-order valence-corrected chi connectivity index (χ3v) is 3.94. The van der Waals surface area contributed by atoms with Crippen molar-refractivity contribution >= 4 is 5.78 Å². The van der Waals surface area contributed by atoms with E-state index in [1.54, 1.807) is 10.8 Å². The van der Waals surface area contributed by atoms with Gasteiger partial charge in [-0.25, -0.2) is 4.98 Å². The topological polar surface area (TPSA) is 44.1 Å². The quantitative estimate of drug-likeness (QED) is 0.677. The molecule has 0 radical (unpaired) electrons. The minimum absolute atomic E-state index is 0.00406. The summed E-state index contributed by atoms with van der Waals surface area (Å²) in [6.45, 7) is 5.68. The van der Waals surface area contributed by atoms with Gasteiger partial charge in [0.15, 0.2) is 5.78 Å². The fourth-order valence-corrected chi connectivity index (χ4v) is 2.52. The van der Waals surface area contributed by atoms with E-state index in [2.05, 4.69) is 4.98 Å². The van der Waals surface area contributed by atoms with Crippen LogP contribution in [0.1, 0.15) is 27.0 Å². The fraction of sp³-hybridized carbons (Fsp3) is 0.238. The molecule has 0 N–H and O–H groups in total. The Labute approximate surface area is 148 Å². The zero-order chi connectivity index (χ0) is 17.9. The molecule has 1 unspecified atom stereocenters. The van der Waals surface area contributed by atoms with Gasteiger partial charge in [0.25, 0.3) is 0 Å². The molecule has 0 amide bonds. The van der Waals surface area contributed by atoms with Crippen LogP contribution in [-0.4, -0.2) is 15.3 Å². The first kappa shape index (κ1) is 17.0. The molecule has 1 atom stereocenters. The Morgan fingerprint density at radius 2 is 1.68 bits per heavy atom. The minimum atomic E-state index is -0.742. The summed E-state index contributed by atoms with van der Waals surface area (Å²) in [6, 6.07) is 17.6. The molecule has 0 bridgehead atoms. The summed E-state index contributed by atoms with van der Waals surface area (Å²) in [5.74, 6) is 0.424. The lowest BCUT2D eigenvalue weighted by atomic mass is 9.89. The van der Waals surface area contributed by atoms with E-state index in [-0.39, 0.29) is 5.78 Å². The number of ketones is 1. The van der Waals surface area contributed by atoms with Gasteiger partial charge in [0.2, 0.25) is 12.1 Å². The van der Waals surface area contributed by atoms with Crippen LogP contribution in [-0.2, 0) is 4.79 Å². The number of aromatic nitrogens is 2. The predicted octanol–water partition coefficient (Wildman–Crippen LogP) is 4.74. The summed E-state index contributed by atoms with van der Waals surface area (Å²) >= 11 is 0. The SMILES string of the molecule is CC(C)(C)C(=O)C(Oc1cc(-c2ccccc2)ccn1)n1cccc1. The predicted molar refractivity (Wildman–Crippen MR) is 98.2 cm³/mol.